The maximum atomic E-state index is 12.6. The average molecular weight is 516 g/mol. The Balaban J connectivity index is 1.36. The van der Waals surface area contributed by atoms with Crippen molar-refractivity contribution in [1.82, 2.24) is 9.38 Å². The Bertz CT molecular complexity index is 1580. The Hall–Kier alpha value is -4.33. The van der Waals surface area contributed by atoms with Gasteiger partial charge in [0.1, 0.15) is 0 Å². The van der Waals surface area contributed by atoms with E-state index in [0.29, 0.717) is 38.3 Å². The minimum atomic E-state index is -0.422. The molecule has 0 aliphatic heterocycles. The van der Waals surface area contributed by atoms with E-state index in [1.54, 1.807) is 48.7 Å². The predicted octanol–water partition coefficient (Wildman–Crippen LogP) is 7.20. The molecule has 0 saturated carbocycles. The van der Waals surface area contributed by atoms with Gasteiger partial charge in [-0.05, 0) is 54.6 Å². The van der Waals surface area contributed by atoms with E-state index in [-0.39, 0.29) is 5.91 Å². The average Bonchev–Trinajstić information content (AvgIpc) is 3.32. The zero-order valence-corrected chi connectivity index (χ0v) is 20.2. The number of pyridine rings is 1. The van der Waals surface area contributed by atoms with Crippen molar-refractivity contribution in [2.45, 2.75) is 0 Å². The molecule has 2 aromatic heterocycles. The van der Waals surface area contributed by atoms with Crippen LogP contribution in [0, 0.1) is 0 Å². The second kappa shape index (κ2) is 10.1. The summed E-state index contributed by atoms with van der Waals surface area (Å²) in [6.07, 6.45) is 3.59. The molecule has 5 aromatic rings. The van der Waals surface area contributed by atoms with Gasteiger partial charge in [0.15, 0.2) is 5.65 Å². The van der Waals surface area contributed by atoms with Crippen LogP contribution in [0.25, 0.3) is 16.9 Å². The molecule has 178 valence electrons. The number of nitrogens with zero attached hydrogens (tertiary/aromatic N) is 2. The summed E-state index contributed by atoms with van der Waals surface area (Å²) in [6, 6.07) is 24.4. The van der Waals surface area contributed by atoms with Gasteiger partial charge in [-0.2, -0.15) is 0 Å². The Morgan fingerprint density at radius 3 is 2.31 bits per heavy atom. The molecular weight excluding hydrogens is 497 g/mol. The van der Waals surface area contributed by atoms with Crippen LogP contribution < -0.4 is 16.0 Å². The molecular formula is C27H19Cl2N5O2. The SMILES string of the molecule is O=C(Nc1cccc(-c2cnc3c(NC(=O)c4ccccc4)cccn23)c1)Nc1ccc(Cl)c(Cl)c1. The quantitative estimate of drug-likeness (QED) is 0.231. The van der Waals surface area contributed by atoms with Gasteiger partial charge in [0.05, 0.1) is 27.6 Å². The zero-order valence-electron chi connectivity index (χ0n) is 18.7. The third kappa shape index (κ3) is 5.02. The molecule has 3 amide bonds. The molecule has 0 radical (unpaired) electrons. The van der Waals surface area contributed by atoms with E-state index >= 15 is 0 Å². The monoisotopic (exact) mass is 515 g/mol. The van der Waals surface area contributed by atoms with Crippen molar-refractivity contribution in [3.05, 3.63) is 113 Å². The summed E-state index contributed by atoms with van der Waals surface area (Å²) in [7, 11) is 0. The number of anilines is 3. The number of nitrogens with one attached hydrogen (secondary N) is 3. The first-order valence-corrected chi connectivity index (χ1v) is 11.7. The lowest BCUT2D eigenvalue weighted by Gasteiger charge is -2.10. The first-order valence-electron chi connectivity index (χ1n) is 10.9. The smallest absolute Gasteiger partial charge is 0.319 e. The van der Waals surface area contributed by atoms with Gasteiger partial charge < -0.3 is 16.0 Å². The number of hydrogen-bond donors (Lipinski definition) is 3. The van der Waals surface area contributed by atoms with Crippen molar-refractivity contribution in [3.8, 4) is 11.3 Å². The Morgan fingerprint density at radius 1 is 0.750 bits per heavy atom. The van der Waals surface area contributed by atoms with Crippen LogP contribution in [0.2, 0.25) is 10.0 Å². The van der Waals surface area contributed by atoms with Crippen molar-refractivity contribution < 1.29 is 9.59 Å². The van der Waals surface area contributed by atoms with Crippen molar-refractivity contribution in [2.24, 2.45) is 0 Å². The van der Waals surface area contributed by atoms with Gasteiger partial charge in [0.2, 0.25) is 0 Å². The highest BCUT2D eigenvalue weighted by Gasteiger charge is 2.13. The third-order valence-corrected chi connectivity index (χ3v) is 6.15. The third-order valence-electron chi connectivity index (χ3n) is 5.41. The van der Waals surface area contributed by atoms with Crippen LogP contribution in [0.4, 0.5) is 21.9 Å². The van der Waals surface area contributed by atoms with Crippen LogP contribution >= 0.6 is 23.2 Å². The number of hydrogen-bond acceptors (Lipinski definition) is 3. The summed E-state index contributed by atoms with van der Waals surface area (Å²) in [5.41, 5.74) is 4.50. The molecule has 0 saturated heterocycles. The van der Waals surface area contributed by atoms with Crippen molar-refractivity contribution in [2.75, 3.05) is 16.0 Å². The lowest BCUT2D eigenvalue weighted by molar-refractivity contribution is 0.102. The van der Waals surface area contributed by atoms with Gasteiger partial charge in [-0.1, -0.05) is 53.5 Å². The molecule has 9 heteroatoms. The highest BCUT2D eigenvalue weighted by molar-refractivity contribution is 6.42. The number of fused-ring (bicyclic) bond motifs is 1. The van der Waals surface area contributed by atoms with E-state index in [1.165, 1.54) is 0 Å². The minimum Gasteiger partial charge on any atom is -0.319 e. The summed E-state index contributed by atoms with van der Waals surface area (Å²) in [4.78, 5) is 29.7. The summed E-state index contributed by atoms with van der Waals surface area (Å²) in [6.45, 7) is 0. The van der Waals surface area contributed by atoms with Crippen molar-refractivity contribution in [3.63, 3.8) is 0 Å². The number of urea groups is 1. The number of benzene rings is 3. The molecule has 2 heterocycles. The number of aromatic nitrogens is 2. The van der Waals surface area contributed by atoms with E-state index < -0.39 is 6.03 Å². The summed E-state index contributed by atoms with van der Waals surface area (Å²) >= 11 is 11.9. The summed E-state index contributed by atoms with van der Waals surface area (Å²) in [5, 5.41) is 9.24. The normalized spacial score (nSPS) is 10.7. The largest absolute Gasteiger partial charge is 0.323 e. The molecule has 3 aromatic carbocycles. The molecule has 7 nitrogen and oxygen atoms in total. The van der Waals surface area contributed by atoms with Crippen LogP contribution in [0.1, 0.15) is 10.4 Å². The van der Waals surface area contributed by atoms with E-state index in [1.807, 2.05) is 53.1 Å². The van der Waals surface area contributed by atoms with Crippen molar-refractivity contribution in [1.29, 1.82) is 0 Å². The van der Waals surface area contributed by atoms with Gasteiger partial charge in [-0.3, -0.25) is 9.20 Å². The van der Waals surface area contributed by atoms with E-state index in [0.717, 1.165) is 11.3 Å². The van der Waals surface area contributed by atoms with Crippen molar-refractivity contribution >= 4 is 57.8 Å². The lowest BCUT2D eigenvalue weighted by Crippen LogP contribution is -2.19. The standard InChI is InChI=1S/C27H19Cl2N5O2/c28-21-12-11-20(15-22(21)29)32-27(36)31-19-9-4-8-18(14-19)24-16-30-25-23(10-5-13-34(24)25)33-26(35)17-6-2-1-3-7-17/h1-16H,(H,33,35)(H2,31,32,36). The summed E-state index contributed by atoms with van der Waals surface area (Å²) < 4.78 is 1.88. The number of carbonyl (C=O) groups excluding carboxylic acids is 2. The molecule has 0 atom stereocenters. The Labute approximate surface area is 216 Å². The predicted molar refractivity (Wildman–Crippen MR) is 144 cm³/mol. The zero-order chi connectivity index (χ0) is 25.1. The van der Waals surface area contributed by atoms with Crippen LogP contribution in [0.15, 0.2) is 97.3 Å². The number of rotatable bonds is 5. The van der Waals surface area contributed by atoms with Crippen LogP contribution in [-0.4, -0.2) is 21.3 Å². The van der Waals surface area contributed by atoms with Crippen LogP contribution in [0.5, 0.6) is 0 Å². The maximum Gasteiger partial charge on any atom is 0.323 e. The first kappa shape index (κ1) is 23.4. The number of halogens is 2. The fourth-order valence-corrected chi connectivity index (χ4v) is 4.03. The second-order valence-corrected chi connectivity index (χ2v) is 8.68. The second-order valence-electron chi connectivity index (χ2n) is 7.87. The highest BCUT2D eigenvalue weighted by Crippen LogP contribution is 2.28. The molecule has 36 heavy (non-hydrogen) atoms. The van der Waals surface area contributed by atoms with Gasteiger partial charge >= 0.3 is 6.03 Å². The van der Waals surface area contributed by atoms with Crippen LogP contribution in [-0.2, 0) is 0 Å². The Kier molecular flexibility index (Phi) is 6.58. The number of amides is 3. The topological polar surface area (TPSA) is 87.5 Å². The number of imidazole rings is 1. The lowest BCUT2D eigenvalue weighted by atomic mass is 10.1. The van der Waals surface area contributed by atoms with Gasteiger partial charge in [0.25, 0.3) is 5.91 Å². The molecule has 0 unspecified atom stereocenters. The molecule has 0 aliphatic carbocycles. The van der Waals surface area contributed by atoms with Crippen LogP contribution in [0.3, 0.4) is 0 Å². The minimum absolute atomic E-state index is 0.215. The van der Waals surface area contributed by atoms with E-state index in [2.05, 4.69) is 20.9 Å². The van der Waals surface area contributed by atoms with Gasteiger partial charge in [0, 0.05) is 28.7 Å². The first-order chi connectivity index (χ1) is 17.5. The fourth-order valence-electron chi connectivity index (χ4n) is 3.73. The maximum absolute atomic E-state index is 12.6. The fraction of sp³-hybridized carbons (Fsp3) is 0. The molecule has 0 bridgehead atoms. The van der Waals surface area contributed by atoms with Gasteiger partial charge in [-0.25, -0.2) is 9.78 Å². The Morgan fingerprint density at radius 2 is 1.53 bits per heavy atom. The van der Waals surface area contributed by atoms with E-state index in [4.69, 9.17) is 23.2 Å². The number of carbonyl (C=O) groups is 2. The molecule has 0 fully saturated rings. The summed E-state index contributed by atoms with van der Waals surface area (Å²) in [5.74, 6) is -0.215. The van der Waals surface area contributed by atoms with E-state index in [9.17, 15) is 9.59 Å². The molecule has 5 rings (SSSR count). The molecule has 3 N–H and O–H groups in total. The molecule has 0 spiro atoms. The molecule has 0 aliphatic rings. The highest BCUT2D eigenvalue weighted by atomic mass is 35.5. The van der Waals surface area contributed by atoms with Gasteiger partial charge in [-0.15, -0.1) is 0 Å².